The van der Waals surface area contributed by atoms with Gasteiger partial charge in [-0.3, -0.25) is 0 Å². The SMILES string of the molecule is CC(C)CCO[Si](C)(C)C1CCCCC1. The first-order valence-corrected chi connectivity index (χ1v) is 9.65. The van der Waals surface area contributed by atoms with Crippen LogP contribution in [-0.2, 0) is 4.43 Å². The molecule has 2 heteroatoms. The molecule has 15 heavy (non-hydrogen) atoms. The Labute approximate surface area is 96.7 Å². The van der Waals surface area contributed by atoms with Crippen molar-refractivity contribution in [2.75, 3.05) is 6.61 Å². The van der Waals surface area contributed by atoms with Gasteiger partial charge in [-0.2, -0.15) is 0 Å². The van der Waals surface area contributed by atoms with Gasteiger partial charge in [0.2, 0.25) is 0 Å². The third kappa shape index (κ3) is 4.69. The fourth-order valence-electron chi connectivity index (χ4n) is 2.47. The average molecular weight is 228 g/mol. The lowest BCUT2D eigenvalue weighted by Gasteiger charge is -2.35. The van der Waals surface area contributed by atoms with Crippen LogP contribution >= 0.6 is 0 Å². The van der Waals surface area contributed by atoms with E-state index < -0.39 is 8.32 Å². The largest absolute Gasteiger partial charge is 0.417 e. The molecule has 0 bridgehead atoms. The zero-order valence-electron chi connectivity index (χ0n) is 11.0. The molecule has 1 rings (SSSR count). The predicted molar refractivity (Wildman–Crippen MR) is 69.7 cm³/mol. The second-order valence-corrected chi connectivity index (χ2v) is 10.3. The first-order valence-electron chi connectivity index (χ1n) is 6.66. The molecule has 0 atom stereocenters. The van der Waals surface area contributed by atoms with E-state index in [-0.39, 0.29) is 0 Å². The third-order valence-corrected chi connectivity index (χ3v) is 7.25. The maximum atomic E-state index is 6.22. The highest BCUT2D eigenvalue weighted by Crippen LogP contribution is 2.37. The number of hydrogen-bond acceptors (Lipinski definition) is 1. The summed E-state index contributed by atoms with van der Waals surface area (Å²) in [5.74, 6) is 0.779. The second kappa shape index (κ2) is 6.05. The normalized spacial score (nSPS) is 19.8. The van der Waals surface area contributed by atoms with Crippen molar-refractivity contribution in [3.8, 4) is 0 Å². The Bertz CT molecular complexity index is 171. The Morgan fingerprint density at radius 1 is 1.13 bits per heavy atom. The Kier molecular flexibility index (Phi) is 5.34. The van der Waals surface area contributed by atoms with Crippen LogP contribution in [0.4, 0.5) is 0 Å². The summed E-state index contributed by atoms with van der Waals surface area (Å²) in [4.78, 5) is 0. The van der Waals surface area contributed by atoms with Crippen molar-refractivity contribution >= 4 is 8.32 Å². The van der Waals surface area contributed by atoms with Gasteiger partial charge in [-0.05, 0) is 31.0 Å². The van der Waals surface area contributed by atoms with Crippen LogP contribution in [0.3, 0.4) is 0 Å². The quantitative estimate of drug-likeness (QED) is 0.625. The fourth-order valence-corrected chi connectivity index (χ4v) is 5.15. The van der Waals surface area contributed by atoms with Gasteiger partial charge in [0.15, 0.2) is 8.32 Å². The second-order valence-electron chi connectivity index (χ2n) is 5.97. The lowest BCUT2D eigenvalue weighted by Crippen LogP contribution is -2.38. The molecule has 0 saturated heterocycles. The van der Waals surface area contributed by atoms with Gasteiger partial charge >= 0.3 is 0 Å². The third-order valence-electron chi connectivity index (χ3n) is 3.76. The first-order chi connectivity index (χ1) is 7.02. The molecule has 1 saturated carbocycles. The van der Waals surface area contributed by atoms with Crippen LogP contribution < -0.4 is 0 Å². The van der Waals surface area contributed by atoms with Gasteiger partial charge in [-0.15, -0.1) is 0 Å². The van der Waals surface area contributed by atoms with Gasteiger partial charge in [0.05, 0.1) is 0 Å². The summed E-state index contributed by atoms with van der Waals surface area (Å²) in [5, 5.41) is 0. The van der Waals surface area contributed by atoms with Crippen LogP contribution in [0, 0.1) is 5.92 Å². The molecule has 0 unspecified atom stereocenters. The molecule has 1 nitrogen and oxygen atoms in total. The van der Waals surface area contributed by atoms with Crippen molar-refractivity contribution in [1.82, 2.24) is 0 Å². The fraction of sp³-hybridized carbons (Fsp3) is 1.00. The van der Waals surface area contributed by atoms with Crippen LogP contribution in [0.1, 0.15) is 52.4 Å². The highest BCUT2D eigenvalue weighted by Gasteiger charge is 2.34. The maximum Gasteiger partial charge on any atom is 0.189 e. The predicted octanol–water partition coefficient (Wildman–Crippen LogP) is 4.59. The zero-order valence-corrected chi connectivity index (χ0v) is 12.0. The molecule has 0 heterocycles. The highest BCUT2D eigenvalue weighted by atomic mass is 28.4. The van der Waals surface area contributed by atoms with Crippen molar-refractivity contribution in [1.29, 1.82) is 0 Å². The van der Waals surface area contributed by atoms with Crippen LogP contribution in [0.5, 0.6) is 0 Å². The van der Waals surface area contributed by atoms with E-state index in [0.717, 1.165) is 18.1 Å². The average Bonchev–Trinajstić information content (AvgIpc) is 2.18. The van der Waals surface area contributed by atoms with E-state index in [1.165, 1.54) is 38.5 Å². The van der Waals surface area contributed by atoms with Crippen LogP contribution in [-0.4, -0.2) is 14.9 Å². The smallest absolute Gasteiger partial charge is 0.189 e. The molecule has 0 aliphatic heterocycles. The molecule has 90 valence electrons. The highest BCUT2D eigenvalue weighted by molar-refractivity contribution is 6.72. The van der Waals surface area contributed by atoms with Gasteiger partial charge in [0.1, 0.15) is 0 Å². The van der Waals surface area contributed by atoms with E-state index in [9.17, 15) is 0 Å². The van der Waals surface area contributed by atoms with Gasteiger partial charge in [0.25, 0.3) is 0 Å². The minimum atomic E-state index is -1.37. The standard InChI is InChI=1S/C13H28OSi/c1-12(2)10-11-14-15(3,4)13-8-6-5-7-9-13/h12-13H,5-11H2,1-4H3. The first kappa shape index (κ1) is 13.2. The Morgan fingerprint density at radius 3 is 2.27 bits per heavy atom. The van der Waals surface area contributed by atoms with Crippen molar-refractivity contribution in [3.63, 3.8) is 0 Å². The van der Waals surface area contributed by atoms with Gasteiger partial charge < -0.3 is 4.43 Å². The van der Waals surface area contributed by atoms with Crippen molar-refractivity contribution < 1.29 is 4.43 Å². The Hall–Kier alpha value is 0.177. The summed E-state index contributed by atoms with van der Waals surface area (Å²) in [6, 6.07) is 0. The van der Waals surface area contributed by atoms with Gasteiger partial charge in [-0.25, -0.2) is 0 Å². The van der Waals surface area contributed by atoms with E-state index in [1.54, 1.807) is 0 Å². The lowest BCUT2D eigenvalue weighted by atomic mass is 10.0. The minimum Gasteiger partial charge on any atom is -0.417 e. The molecule has 0 spiro atoms. The summed E-state index contributed by atoms with van der Waals surface area (Å²) in [6.45, 7) is 10.4. The Morgan fingerprint density at radius 2 is 1.73 bits per heavy atom. The molecule has 1 aliphatic rings. The molecule has 0 aromatic carbocycles. The molecule has 0 N–H and O–H groups in total. The summed E-state index contributed by atoms with van der Waals surface area (Å²) in [7, 11) is -1.37. The van der Waals surface area contributed by atoms with Crippen molar-refractivity contribution in [2.45, 2.75) is 71.0 Å². The number of hydrogen-bond donors (Lipinski definition) is 0. The zero-order chi connectivity index (χ0) is 11.3. The van der Waals surface area contributed by atoms with Crippen molar-refractivity contribution in [2.24, 2.45) is 5.92 Å². The van der Waals surface area contributed by atoms with E-state index in [0.29, 0.717) is 0 Å². The van der Waals surface area contributed by atoms with Gasteiger partial charge in [0, 0.05) is 6.61 Å². The van der Waals surface area contributed by atoms with E-state index >= 15 is 0 Å². The molecule has 0 aromatic rings. The van der Waals surface area contributed by atoms with E-state index in [4.69, 9.17) is 4.43 Å². The molecule has 1 aliphatic carbocycles. The molecular formula is C13H28OSi. The minimum absolute atomic E-state index is 0.779. The summed E-state index contributed by atoms with van der Waals surface area (Å²) in [6.07, 6.45) is 8.42. The Balaban J connectivity index is 2.29. The molecule has 1 fully saturated rings. The molecule has 0 amide bonds. The van der Waals surface area contributed by atoms with E-state index in [2.05, 4.69) is 26.9 Å². The van der Waals surface area contributed by atoms with Gasteiger partial charge in [-0.1, -0.05) is 46.0 Å². The van der Waals surface area contributed by atoms with Crippen LogP contribution in [0.2, 0.25) is 18.6 Å². The molecular weight excluding hydrogens is 200 g/mol. The summed E-state index contributed by atoms with van der Waals surface area (Å²) < 4.78 is 6.22. The maximum absolute atomic E-state index is 6.22. The molecule has 0 aromatic heterocycles. The monoisotopic (exact) mass is 228 g/mol. The lowest BCUT2D eigenvalue weighted by molar-refractivity contribution is 0.265. The topological polar surface area (TPSA) is 9.23 Å². The molecule has 0 radical (unpaired) electrons. The van der Waals surface area contributed by atoms with E-state index in [1.807, 2.05) is 0 Å². The van der Waals surface area contributed by atoms with Crippen LogP contribution in [0.15, 0.2) is 0 Å². The van der Waals surface area contributed by atoms with Crippen LogP contribution in [0.25, 0.3) is 0 Å². The summed E-state index contributed by atoms with van der Waals surface area (Å²) >= 11 is 0. The number of rotatable bonds is 5. The van der Waals surface area contributed by atoms with Crippen molar-refractivity contribution in [3.05, 3.63) is 0 Å². The summed E-state index contributed by atoms with van der Waals surface area (Å²) in [5.41, 5.74) is 0.929.